The summed E-state index contributed by atoms with van der Waals surface area (Å²) < 4.78 is 53.4. The van der Waals surface area contributed by atoms with Gasteiger partial charge < -0.3 is 39.4 Å². The highest BCUT2D eigenvalue weighted by Crippen LogP contribution is 2.28. The Morgan fingerprint density at radius 2 is 1.66 bits per heavy atom. The Bertz CT molecular complexity index is 1410. The van der Waals surface area contributed by atoms with Gasteiger partial charge in [-0.1, -0.05) is 83.4 Å². The molecular formula is C40H65F3N6O7. The highest BCUT2D eigenvalue weighted by molar-refractivity contribution is 5.83. The number of rotatable bonds is 16. The molecule has 6 atom stereocenters. The normalized spacial score (nSPS) is 16.4. The molecule has 13 nitrogen and oxygen atoms in total. The number of benzene rings is 1. The van der Waals surface area contributed by atoms with Crippen LogP contribution >= 0.6 is 0 Å². The molecule has 2 heterocycles. The summed E-state index contributed by atoms with van der Waals surface area (Å²) in [5.41, 5.74) is 0.228. The third-order valence-electron chi connectivity index (χ3n) is 9.13. The van der Waals surface area contributed by atoms with Crippen molar-refractivity contribution in [3.05, 3.63) is 53.9 Å². The van der Waals surface area contributed by atoms with E-state index >= 15 is 0 Å². The monoisotopic (exact) mass is 798 g/mol. The summed E-state index contributed by atoms with van der Waals surface area (Å²) in [6.07, 6.45) is 0.763. The fraction of sp³-hybridized carbons (Fsp3) is 0.650. The molecule has 3 rings (SSSR count). The molecule has 1 aromatic heterocycles. The molecule has 0 radical (unpaired) electrons. The molecule has 1 aromatic carbocycles. The molecule has 6 unspecified atom stereocenters. The van der Waals surface area contributed by atoms with Crippen molar-refractivity contribution in [3.8, 4) is 0 Å². The van der Waals surface area contributed by atoms with Crippen LogP contribution in [0.4, 0.5) is 19.1 Å². The first-order chi connectivity index (χ1) is 26.5. The molecule has 2 amide bonds. The molecule has 16 heteroatoms. The summed E-state index contributed by atoms with van der Waals surface area (Å²) >= 11 is 0. The summed E-state index contributed by atoms with van der Waals surface area (Å²) in [6.45, 7) is 12.7. The summed E-state index contributed by atoms with van der Waals surface area (Å²) in [4.78, 5) is 57.2. The van der Waals surface area contributed by atoms with E-state index in [-0.39, 0.29) is 67.3 Å². The molecule has 1 aliphatic heterocycles. The lowest BCUT2D eigenvalue weighted by atomic mass is 9.91. The Balaban J connectivity index is 0.000000894. The fourth-order valence-electron chi connectivity index (χ4n) is 5.88. The van der Waals surface area contributed by atoms with Crippen LogP contribution in [0.25, 0.3) is 0 Å². The standard InChI is InChI=1S/C17H25F3N4O3.C13H24N2O4.C7H8.C3H8/c1-5-11(2)15(12(27-4)7-9-25)24(3)14(26)10-22-16-21-8-6-13(23-16)17(18,19)20;1-9(13(17)14-8-11(16)18-3)12(19-4)10-6-5-7-15(10)2;1-7-5-3-2-4-6-7;1-3-2/h6,8-9,11-12,15H,5,7,10H2,1-4H3,(H,21,22,23);9-10,12H,5-8H2,1-4H3,(H,14,17);2-6H,1H3;3H2,1-2H3. The van der Waals surface area contributed by atoms with Crippen molar-refractivity contribution in [2.45, 2.75) is 104 Å². The maximum absolute atomic E-state index is 12.7. The van der Waals surface area contributed by atoms with Crippen LogP contribution in [0.1, 0.15) is 78.0 Å². The number of hydrogen-bond donors (Lipinski definition) is 2. The number of anilines is 1. The first kappa shape index (κ1) is 51.9. The number of likely N-dealkylation sites (N-methyl/N-ethyl adjacent to an activating group) is 2. The van der Waals surface area contributed by atoms with Crippen LogP contribution in [-0.2, 0) is 39.6 Å². The van der Waals surface area contributed by atoms with Crippen molar-refractivity contribution in [2.75, 3.05) is 60.4 Å². The van der Waals surface area contributed by atoms with Gasteiger partial charge >= 0.3 is 12.1 Å². The molecule has 2 N–H and O–H groups in total. The van der Waals surface area contributed by atoms with Gasteiger partial charge in [-0.3, -0.25) is 14.4 Å². The molecule has 1 saturated heterocycles. The van der Waals surface area contributed by atoms with Crippen molar-refractivity contribution in [1.29, 1.82) is 0 Å². The predicted molar refractivity (Wildman–Crippen MR) is 211 cm³/mol. The Kier molecular flexibility index (Phi) is 26.2. The van der Waals surface area contributed by atoms with Gasteiger partial charge in [-0.05, 0) is 45.3 Å². The van der Waals surface area contributed by atoms with Crippen LogP contribution in [0, 0.1) is 18.8 Å². The molecule has 56 heavy (non-hydrogen) atoms. The van der Waals surface area contributed by atoms with Gasteiger partial charge in [-0.25, -0.2) is 9.97 Å². The second kappa shape index (κ2) is 28.3. The average Bonchev–Trinajstić information content (AvgIpc) is 3.61. The number of methoxy groups -OCH3 is 3. The van der Waals surface area contributed by atoms with E-state index in [1.54, 1.807) is 14.2 Å². The molecule has 0 spiro atoms. The van der Waals surface area contributed by atoms with Crippen LogP contribution in [0.15, 0.2) is 42.6 Å². The number of esters is 1. The van der Waals surface area contributed by atoms with Crippen LogP contribution in [0.3, 0.4) is 0 Å². The third-order valence-corrected chi connectivity index (χ3v) is 9.13. The Morgan fingerprint density at radius 1 is 1.04 bits per heavy atom. The first-order valence-electron chi connectivity index (χ1n) is 18.9. The number of hydrogen-bond acceptors (Lipinski definition) is 11. The van der Waals surface area contributed by atoms with Gasteiger partial charge in [0.2, 0.25) is 17.8 Å². The maximum Gasteiger partial charge on any atom is 0.433 e. The highest BCUT2D eigenvalue weighted by Gasteiger charge is 2.36. The summed E-state index contributed by atoms with van der Waals surface area (Å²) in [6, 6.07) is 10.9. The van der Waals surface area contributed by atoms with E-state index in [9.17, 15) is 32.3 Å². The Hall–Kier alpha value is -4.15. The molecule has 0 aliphatic carbocycles. The number of aldehydes is 1. The van der Waals surface area contributed by atoms with Crippen molar-refractivity contribution in [3.63, 3.8) is 0 Å². The second-order valence-corrected chi connectivity index (χ2v) is 13.5. The number of halogens is 3. The van der Waals surface area contributed by atoms with Crippen LogP contribution in [0.2, 0.25) is 0 Å². The molecular weight excluding hydrogens is 733 g/mol. The molecule has 1 fully saturated rings. The number of ether oxygens (including phenoxy) is 3. The van der Waals surface area contributed by atoms with Crippen LogP contribution < -0.4 is 10.6 Å². The molecule has 2 aromatic rings. The van der Waals surface area contributed by atoms with Gasteiger partial charge in [0.25, 0.3) is 0 Å². The quantitative estimate of drug-likeness (QED) is 0.156. The lowest BCUT2D eigenvalue weighted by Crippen LogP contribution is -2.50. The maximum atomic E-state index is 12.7. The van der Waals surface area contributed by atoms with Crippen molar-refractivity contribution < 1.29 is 46.6 Å². The Labute approximate surface area is 331 Å². The van der Waals surface area contributed by atoms with E-state index in [2.05, 4.69) is 63.1 Å². The van der Waals surface area contributed by atoms with E-state index in [0.717, 1.165) is 44.4 Å². The predicted octanol–water partition coefficient (Wildman–Crippen LogP) is 5.82. The number of aromatic nitrogens is 2. The van der Waals surface area contributed by atoms with Gasteiger partial charge in [0, 0.05) is 39.9 Å². The molecule has 318 valence electrons. The lowest BCUT2D eigenvalue weighted by molar-refractivity contribution is -0.142. The minimum absolute atomic E-state index is 0.0497. The topological polar surface area (TPSA) is 152 Å². The number of aryl methyl sites for hydroxylation is 1. The summed E-state index contributed by atoms with van der Waals surface area (Å²) in [5, 5.41) is 5.09. The fourth-order valence-corrected chi connectivity index (χ4v) is 5.88. The number of alkyl halides is 3. The molecule has 1 aliphatic rings. The Morgan fingerprint density at radius 3 is 2.11 bits per heavy atom. The molecule has 0 saturated carbocycles. The minimum atomic E-state index is -4.59. The number of nitrogens with zero attached hydrogens (tertiary/aromatic N) is 4. The smallest absolute Gasteiger partial charge is 0.433 e. The molecule has 0 bridgehead atoms. The number of carbonyl (C=O) groups is 4. The van der Waals surface area contributed by atoms with E-state index in [1.165, 1.54) is 31.1 Å². The largest absolute Gasteiger partial charge is 0.468 e. The van der Waals surface area contributed by atoms with Crippen molar-refractivity contribution in [2.24, 2.45) is 11.8 Å². The number of likely N-dealkylation sites (tertiary alicyclic amines) is 1. The summed E-state index contributed by atoms with van der Waals surface area (Å²) in [5.74, 6) is -1.56. The first-order valence-corrected chi connectivity index (χ1v) is 18.9. The van der Waals surface area contributed by atoms with E-state index in [1.807, 2.05) is 46.0 Å². The average molecular weight is 799 g/mol. The lowest BCUT2D eigenvalue weighted by Gasteiger charge is -2.37. The van der Waals surface area contributed by atoms with E-state index < -0.39 is 23.9 Å². The van der Waals surface area contributed by atoms with E-state index in [4.69, 9.17) is 9.47 Å². The second-order valence-electron chi connectivity index (χ2n) is 13.5. The van der Waals surface area contributed by atoms with Gasteiger partial charge in [-0.15, -0.1) is 0 Å². The van der Waals surface area contributed by atoms with Crippen LogP contribution in [-0.4, -0.2) is 123 Å². The zero-order valence-electron chi connectivity index (χ0n) is 35.0. The van der Waals surface area contributed by atoms with E-state index in [0.29, 0.717) is 0 Å². The summed E-state index contributed by atoms with van der Waals surface area (Å²) in [7, 11) is 8.01. The number of carbonyl (C=O) groups excluding carboxylic acids is 4. The zero-order valence-corrected chi connectivity index (χ0v) is 35.0. The number of amides is 2. The van der Waals surface area contributed by atoms with Crippen molar-refractivity contribution in [1.82, 2.24) is 25.1 Å². The van der Waals surface area contributed by atoms with Gasteiger partial charge in [0.1, 0.15) is 18.5 Å². The van der Waals surface area contributed by atoms with Gasteiger partial charge in [-0.2, -0.15) is 13.2 Å². The zero-order chi connectivity index (χ0) is 42.8. The minimum Gasteiger partial charge on any atom is -0.468 e. The van der Waals surface area contributed by atoms with Gasteiger partial charge in [0.05, 0.1) is 37.8 Å². The highest BCUT2D eigenvalue weighted by atomic mass is 19.4. The van der Waals surface area contributed by atoms with Crippen LogP contribution in [0.5, 0.6) is 0 Å². The SMILES string of the molecule is CCC.CCC(C)C(C(CC=O)OC)N(C)C(=O)CNc1nccc(C(F)(F)F)n1.COC(=O)CNC(=O)C(C)C(OC)C1CCCN1C.Cc1ccccc1. The van der Waals surface area contributed by atoms with Crippen molar-refractivity contribution >= 4 is 30.0 Å². The number of nitrogens with one attached hydrogen (secondary N) is 2. The van der Waals surface area contributed by atoms with Gasteiger partial charge in [0.15, 0.2) is 0 Å². The third kappa shape index (κ3) is 19.1.